The van der Waals surface area contributed by atoms with Crippen LogP contribution < -0.4 is 10.6 Å². The van der Waals surface area contributed by atoms with Crippen molar-refractivity contribution in [2.75, 3.05) is 53.4 Å². The molecule has 8 fully saturated rings. The minimum Gasteiger partial charge on any atom is -0.394 e. The second-order valence-corrected chi connectivity index (χ2v) is 23.6. The number of aliphatic hydroxyl groups excluding tert-OH is 21. The van der Waals surface area contributed by atoms with E-state index < -0.39 is 297 Å². The minimum absolute atomic E-state index is 0.697. The van der Waals surface area contributed by atoms with Gasteiger partial charge < -0.3 is 194 Å². The lowest BCUT2D eigenvalue weighted by molar-refractivity contribution is -0.410. The number of methoxy groups -OCH3 is 1. The third-order valence-corrected chi connectivity index (χ3v) is 17.3. The molecule has 8 aliphatic heterocycles. The predicted octanol–water partition coefficient (Wildman–Crippen LogP) is -15.8. The van der Waals surface area contributed by atoms with Crippen LogP contribution in [0.3, 0.4) is 0 Å². The quantitative estimate of drug-likeness (QED) is 0.0452. The number of nitrogens with one attached hydrogen (secondary N) is 2. The molecule has 8 heterocycles. The maximum absolute atomic E-state index is 13.0. The zero-order valence-electron chi connectivity index (χ0n) is 50.2. The van der Waals surface area contributed by atoms with Gasteiger partial charge in [0.15, 0.2) is 50.3 Å². The first-order chi connectivity index (χ1) is 44.1. The van der Waals surface area contributed by atoms with Crippen molar-refractivity contribution in [2.45, 2.75) is 260 Å². The fraction of sp³-hybridized carbons (Fsp3) is 0.962. The molecule has 8 aliphatic rings. The summed E-state index contributed by atoms with van der Waals surface area (Å²) < 4.78 is 93.5. The van der Waals surface area contributed by atoms with Crippen molar-refractivity contribution >= 4 is 11.8 Å². The van der Waals surface area contributed by atoms with E-state index in [0.717, 1.165) is 13.8 Å². The van der Waals surface area contributed by atoms with Crippen LogP contribution in [0.25, 0.3) is 0 Å². The lowest BCUT2D eigenvalue weighted by Crippen LogP contribution is -2.71. The van der Waals surface area contributed by atoms with Crippen LogP contribution in [0.15, 0.2) is 0 Å². The van der Waals surface area contributed by atoms with E-state index in [4.69, 9.17) is 75.8 Å². The van der Waals surface area contributed by atoms with E-state index in [2.05, 4.69) is 10.6 Å². The first kappa shape index (κ1) is 76.2. The van der Waals surface area contributed by atoms with Crippen LogP contribution in [0.4, 0.5) is 0 Å². The molecule has 8 rings (SSSR count). The van der Waals surface area contributed by atoms with Crippen LogP contribution >= 0.6 is 0 Å². The highest BCUT2D eigenvalue weighted by Gasteiger charge is 2.60. The monoisotopic (exact) mass is 1360 g/mol. The molecule has 39 atom stereocenters. The molecule has 0 radical (unpaired) electrons. The van der Waals surface area contributed by atoms with Crippen LogP contribution in [0.2, 0.25) is 0 Å². The van der Waals surface area contributed by atoms with Crippen LogP contribution in [0, 0.1) is 0 Å². The summed E-state index contributed by atoms with van der Waals surface area (Å²) in [5.41, 5.74) is 0. The molecule has 0 saturated carbocycles. The number of amides is 2. The summed E-state index contributed by atoms with van der Waals surface area (Å²) in [4.78, 5) is 25.8. The maximum Gasteiger partial charge on any atom is 0.217 e. The summed E-state index contributed by atoms with van der Waals surface area (Å²) in [6.07, 6.45) is -71.7. The zero-order valence-corrected chi connectivity index (χ0v) is 50.2. The lowest BCUT2D eigenvalue weighted by Gasteiger charge is -2.51. The first-order valence-corrected chi connectivity index (χ1v) is 29.8. The number of carbonyl (C=O) groups excluding carboxylic acids is 2. The van der Waals surface area contributed by atoms with Gasteiger partial charge in [0.1, 0.15) is 183 Å². The number of carbonyl (C=O) groups is 2. The second kappa shape index (κ2) is 33.1. The zero-order chi connectivity index (χ0) is 68.3. The van der Waals surface area contributed by atoms with Gasteiger partial charge >= 0.3 is 0 Å². The Hall–Kier alpha value is -2.54. The Morgan fingerprint density at radius 1 is 0.344 bits per heavy atom. The number of rotatable bonds is 23. The second-order valence-electron chi connectivity index (χ2n) is 23.6. The van der Waals surface area contributed by atoms with E-state index in [9.17, 15) is 117 Å². The van der Waals surface area contributed by atoms with Gasteiger partial charge in [0.05, 0.1) is 52.4 Å². The summed E-state index contributed by atoms with van der Waals surface area (Å²) >= 11 is 0. The van der Waals surface area contributed by atoms with Gasteiger partial charge in [-0.2, -0.15) is 0 Å². The SMILES string of the molecule is CO[C@@H]1[C@H](O)[C@@H](O)[C@H](O[C@H]2[C@@H](O)[C@@H](CO)O[C@@H](O[C@H]3[C@H](O)[C@H](O[C@H]4[C@H](O)[C@@H](NC(C)=O)[C@H](O[C@@H]5[C@@H](O[C@H]6[C@H](O)[C@@H](CO)O[C@@H](O[C@H]7[C@H](O)[C@@H](O)[C@H](O)O[C@@H]7CO)[C@H]6O[C@H]6OC[C@@H](O)[C@H](O)[C@H]6O)O[C@H](CO)[C@@H](O)[C@@H]5O)O[C@@H]4CO)O[C@@H](C)[C@H]3O)[C@@H]2NC(C)=O)O[C@@H]1CO. The molecular formula is C52H88N2O39. The molecule has 0 bridgehead atoms. The van der Waals surface area contributed by atoms with Crippen molar-refractivity contribution in [1.29, 1.82) is 0 Å². The summed E-state index contributed by atoms with van der Waals surface area (Å²) in [6.45, 7) is -3.50. The standard InChI is InChI=1S/C52H88N2O39/c1-12-24(64)41(90-47-23(54-14(3)62)40(27(67)17(6-56)82-47)89-49-35(75)32(72)37(78-4)19(8-58)86-49)36(76)50(80-12)87-38-21(10-60)85-46(22(29(38)69)53-13(2)61)92-43-30(70)26(66)16(5-55)83-51(43)91-42-28(68)18(7-57)84-52(44(42)93-48-34(74)25(65)15(63)11-79-48)88-39-20(9-59)81-45(77)33(73)31(39)71/h12,15-52,55-60,63-77H,5-11H2,1-4H3,(H,53,61)(H,54,62)/t12-,15+,16+,17+,18+,19+,20+,21+,22+,23+,24+,25-,26+,27-,28+,29+,30-,31+,32+,33+,34+,35+,36-,37-,38+,39+,40+,41+,42-,43-,44-,45+,46-,47-,48+,49-,50-,51+,52-/m0/s1. The highest BCUT2D eigenvalue weighted by Crippen LogP contribution is 2.40. The van der Waals surface area contributed by atoms with E-state index in [1.165, 1.54) is 14.0 Å². The van der Waals surface area contributed by atoms with Gasteiger partial charge in [-0.25, -0.2) is 0 Å². The van der Waals surface area contributed by atoms with E-state index in [1.807, 2.05) is 0 Å². The molecule has 41 nitrogen and oxygen atoms in total. The molecule has 0 aromatic heterocycles. The number of hydrogen-bond donors (Lipinski definition) is 23. The fourth-order valence-electron chi connectivity index (χ4n) is 12.2. The van der Waals surface area contributed by atoms with Crippen LogP contribution in [-0.2, 0) is 85.4 Å². The molecule has 0 aromatic carbocycles. The third-order valence-electron chi connectivity index (χ3n) is 17.3. The molecule has 23 N–H and O–H groups in total. The van der Waals surface area contributed by atoms with Gasteiger partial charge in [0.25, 0.3) is 0 Å². The molecule has 8 saturated heterocycles. The van der Waals surface area contributed by atoms with Gasteiger partial charge in [0, 0.05) is 21.0 Å². The Bertz CT molecular complexity index is 2330. The van der Waals surface area contributed by atoms with Crippen LogP contribution in [-0.4, -0.2) is 412 Å². The molecule has 0 aliphatic carbocycles. The molecule has 540 valence electrons. The maximum atomic E-state index is 13.0. The predicted molar refractivity (Wildman–Crippen MR) is 285 cm³/mol. The first-order valence-electron chi connectivity index (χ1n) is 29.8. The van der Waals surface area contributed by atoms with E-state index >= 15 is 0 Å². The highest BCUT2D eigenvalue weighted by atomic mass is 16.8. The van der Waals surface area contributed by atoms with Crippen LogP contribution in [0.1, 0.15) is 20.8 Å². The Labute approximate surface area is 527 Å². The van der Waals surface area contributed by atoms with Gasteiger partial charge in [-0.15, -0.1) is 0 Å². The fourth-order valence-corrected chi connectivity index (χ4v) is 12.2. The summed E-state index contributed by atoms with van der Waals surface area (Å²) in [5, 5.41) is 235. The average molecular weight is 1370 g/mol. The smallest absolute Gasteiger partial charge is 0.217 e. The van der Waals surface area contributed by atoms with Gasteiger partial charge in [-0.05, 0) is 6.92 Å². The Morgan fingerprint density at radius 3 is 1.33 bits per heavy atom. The highest BCUT2D eigenvalue weighted by molar-refractivity contribution is 5.73. The summed E-state index contributed by atoms with van der Waals surface area (Å²) in [7, 11) is 1.17. The normalized spacial score (nSPS) is 50.8. The summed E-state index contributed by atoms with van der Waals surface area (Å²) in [6, 6.07) is -3.62. The van der Waals surface area contributed by atoms with Gasteiger partial charge in [-0.1, -0.05) is 0 Å². The molecule has 0 spiro atoms. The van der Waals surface area contributed by atoms with Crippen molar-refractivity contribution in [3.8, 4) is 0 Å². The molecule has 0 aromatic rings. The minimum atomic E-state index is -2.29. The average Bonchev–Trinajstić information content (AvgIpc) is 0.774. The van der Waals surface area contributed by atoms with E-state index in [1.54, 1.807) is 0 Å². The molecule has 93 heavy (non-hydrogen) atoms. The molecule has 41 heteroatoms. The van der Waals surface area contributed by atoms with Crippen molar-refractivity contribution in [3.05, 3.63) is 0 Å². The van der Waals surface area contributed by atoms with Crippen molar-refractivity contribution < 1.29 is 193 Å². The largest absolute Gasteiger partial charge is 0.394 e. The molecule has 2 amide bonds. The third kappa shape index (κ3) is 16.4. The van der Waals surface area contributed by atoms with Gasteiger partial charge in [0.2, 0.25) is 11.8 Å². The van der Waals surface area contributed by atoms with Crippen LogP contribution in [0.5, 0.6) is 0 Å². The Balaban J connectivity index is 1.06. The Kier molecular flexibility index (Phi) is 27.1. The van der Waals surface area contributed by atoms with Crippen molar-refractivity contribution in [2.24, 2.45) is 0 Å². The van der Waals surface area contributed by atoms with Gasteiger partial charge in [-0.3, -0.25) is 9.59 Å². The van der Waals surface area contributed by atoms with Crippen molar-refractivity contribution in [1.82, 2.24) is 10.6 Å². The van der Waals surface area contributed by atoms with Crippen molar-refractivity contribution in [3.63, 3.8) is 0 Å². The number of ether oxygens (including phenoxy) is 16. The molecular weight excluding hydrogens is 1280 g/mol. The number of aliphatic hydroxyl groups is 21. The lowest BCUT2D eigenvalue weighted by atomic mass is 9.94. The topological polar surface area (TPSA) is 631 Å². The van der Waals surface area contributed by atoms with E-state index in [0.29, 0.717) is 0 Å². The summed E-state index contributed by atoms with van der Waals surface area (Å²) in [5.74, 6) is -1.75. The molecule has 0 unspecified atom stereocenters. The number of hydrogen-bond acceptors (Lipinski definition) is 39. The Morgan fingerprint density at radius 2 is 0.742 bits per heavy atom. The van der Waals surface area contributed by atoms with E-state index in [-0.39, 0.29) is 0 Å².